The Morgan fingerprint density at radius 2 is 1.76 bits per heavy atom. The second-order valence-corrected chi connectivity index (χ2v) is 8.46. The molecule has 6 heteroatoms. The summed E-state index contributed by atoms with van der Waals surface area (Å²) in [5.74, 6) is 0. The second-order valence-electron chi connectivity index (χ2n) is 5.81. The Bertz CT molecular complexity index is 1040. The highest BCUT2D eigenvalue weighted by molar-refractivity contribution is 7.95. The predicted octanol–water partition coefficient (Wildman–Crippen LogP) is 4.32. The zero-order valence-corrected chi connectivity index (χ0v) is 15.0. The van der Waals surface area contributed by atoms with Gasteiger partial charge in [0.25, 0.3) is 10.0 Å². The highest BCUT2D eigenvalue weighted by Gasteiger charge is 2.21. The lowest BCUT2D eigenvalue weighted by molar-refractivity contribution is 0.609. The monoisotopic (exact) mass is 368 g/mol. The Morgan fingerprint density at radius 3 is 2.60 bits per heavy atom. The van der Waals surface area contributed by atoms with Crippen LogP contribution in [0.2, 0.25) is 0 Å². The van der Waals surface area contributed by atoms with Gasteiger partial charge in [0.15, 0.2) is 5.13 Å². The van der Waals surface area contributed by atoms with Crippen LogP contribution in [0.1, 0.15) is 16.0 Å². The van der Waals surface area contributed by atoms with Crippen molar-refractivity contribution in [3.63, 3.8) is 0 Å². The van der Waals surface area contributed by atoms with Gasteiger partial charge in [0.1, 0.15) is 0 Å². The molecule has 0 amide bonds. The van der Waals surface area contributed by atoms with Crippen molar-refractivity contribution in [3.05, 3.63) is 76.0 Å². The Morgan fingerprint density at radius 1 is 1.00 bits per heavy atom. The number of nitrogens with zero attached hydrogens (tertiary/aromatic N) is 1. The summed E-state index contributed by atoms with van der Waals surface area (Å²) in [6.07, 6.45) is 3.43. The zero-order chi connectivity index (χ0) is 17.3. The molecule has 0 radical (unpaired) electrons. The molecular weight excluding hydrogens is 352 g/mol. The average Bonchev–Trinajstić information content (AvgIpc) is 3.03. The molecular formula is C19H16N2O2S2. The first-order valence-corrected chi connectivity index (χ1v) is 10.3. The summed E-state index contributed by atoms with van der Waals surface area (Å²) in [5.41, 5.74) is 4.10. The molecule has 0 bridgehead atoms. The Labute approximate surface area is 150 Å². The van der Waals surface area contributed by atoms with E-state index in [2.05, 4.69) is 15.8 Å². The average molecular weight is 368 g/mol. The van der Waals surface area contributed by atoms with Gasteiger partial charge in [-0.1, -0.05) is 54.6 Å². The molecule has 0 saturated carbocycles. The summed E-state index contributed by atoms with van der Waals surface area (Å²) in [5, 5.41) is 1.59. The van der Waals surface area contributed by atoms with E-state index in [-0.39, 0.29) is 0 Å². The maximum Gasteiger partial charge on any atom is 0.256 e. The fraction of sp³-hybridized carbons (Fsp3) is 0.105. The van der Waals surface area contributed by atoms with E-state index in [0.717, 1.165) is 34.5 Å². The summed E-state index contributed by atoms with van der Waals surface area (Å²) in [4.78, 5) is 5.65. The summed E-state index contributed by atoms with van der Waals surface area (Å²) in [7, 11) is -3.59. The third-order valence-corrected chi connectivity index (χ3v) is 6.19. The number of rotatable bonds is 4. The van der Waals surface area contributed by atoms with E-state index in [1.54, 1.807) is 6.08 Å². The largest absolute Gasteiger partial charge is 0.256 e. The number of hydrogen-bond donors (Lipinski definition) is 1. The zero-order valence-electron chi connectivity index (χ0n) is 13.3. The van der Waals surface area contributed by atoms with Crippen LogP contribution in [0, 0.1) is 0 Å². The SMILES string of the molecule is O=S(=O)(/C=C/c1ccccc1)Nc1nc2c(s1)CCc1ccccc1-2. The third kappa shape index (κ3) is 3.50. The van der Waals surface area contributed by atoms with Crippen LogP contribution in [-0.2, 0) is 22.9 Å². The molecule has 1 heterocycles. The maximum absolute atomic E-state index is 12.3. The van der Waals surface area contributed by atoms with Gasteiger partial charge in [-0.2, -0.15) is 0 Å². The fourth-order valence-electron chi connectivity index (χ4n) is 2.88. The molecule has 1 N–H and O–H groups in total. The van der Waals surface area contributed by atoms with Gasteiger partial charge in [0.05, 0.1) is 11.1 Å². The van der Waals surface area contributed by atoms with Crippen molar-refractivity contribution in [2.45, 2.75) is 12.8 Å². The molecule has 1 aliphatic carbocycles. The molecule has 0 atom stereocenters. The minimum atomic E-state index is -3.59. The van der Waals surface area contributed by atoms with Crippen LogP contribution in [0.4, 0.5) is 5.13 Å². The molecule has 2 aromatic carbocycles. The third-order valence-electron chi connectivity index (χ3n) is 4.06. The van der Waals surface area contributed by atoms with Crippen LogP contribution in [0.15, 0.2) is 60.0 Å². The van der Waals surface area contributed by atoms with E-state index in [1.165, 1.54) is 22.3 Å². The van der Waals surface area contributed by atoms with Crippen LogP contribution < -0.4 is 4.72 Å². The first kappa shape index (κ1) is 16.1. The van der Waals surface area contributed by atoms with Crippen molar-refractivity contribution in [2.75, 3.05) is 4.72 Å². The Balaban J connectivity index is 1.58. The van der Waals surface area contributed by atoms with E-state index < -0.39 is 10.0 Å². The molecule has 0 fully saturated rings. The highest BCUT2D eigenvalue weighted by Crippen LogP contribution is 2.38. The topological polar surface area (TPSA) is 59.1 Å². The Hall–Kier alpha value is -2.44. The minimum Gasteiger partial charge on any atom is -0.255 e. The van der Waals surface area contributed by atoms with Gasteiger partial charge in [-0.15, -0.1) is 11.3 Å². The van der Waals surface area contributed by atoms with Crippen molar-refractivity contribution in [2.24, 2.45) is 0 Å². The molecule has 25 heavy (non-hydrogen) atoms. The second kappa shape index (κ2) is 6.46. The number of benzene rings is 2. The lowest BCUT2D eigenvalue weighted by Gasteiger charge is -2.13. The van der Waals surface area contributed by atoms with Crippen molar-refractivity contribution in [1.29, 1.82) is 0 Å². The van der Waals surface area contributed by atoms with Gasteiger partial charge in [0, 0.05) is 10.4 Å². The van der Waals surface area contributed by atoms with Crippen LogP contribution in [0.3, 0.4) is 0 Å². The number of aryl methyl sites for hydroxylation is 2. The highest BCUT2D eigenvalue weighted by atomic mass is 32.2. The van der Waals surface area contributed by atoms with E-state index >= 15 is 0 Å². The molecule has 4 nitrogen and oxygen atoms in total. The molecule has 126 valence electrons. The lowest BCUT2D eigenvalue weighted by Crippen LogP contribution is -2.08. The number of anilines is 1. The number of sulfonamides is 1. The first-order chi connectivity index (χ1) is 12.1. The molecule has 0 aliphatic heterocycles. The Kier molecular flexibility index (Phi) is 4.15. The van der Waals surface area contributed by atoms with E-state index in [1.807, 2.05) is 48.5 Å². The standard InChI is InChI=1S/C19H16N2O2S2/c22-25(23,13-12-14-6-2-1-3-7-14)21-19-20-18-16-9-5-4-8-15(16)10-11-17(18)24-19/h1-9,12-13H,10-11H2,(H,20,21)/b13-12+. The molecule has 1 aliphatic rings. The van der Waals surface area contributed by atoms with Crippen molar-refractivity contribution < 1.29 is 8.42 Å². The number of hydrogen-bond acceptors (Lipinski definition) is 4. The van der Waals surface area contributed by atoms with Gasteiger partial charge >= 0.3 is 0 Å². The summed E-state index contributed by atoms with van der Waals surface area (Å²) in [6.45, 7) is 0. The number of nitrogens with one attached hydrogen (secondary N) is 1. The normalized spacial score (nSPS) is 13.4. The smallest absolute Gasteiger partial charge is 0.255 e. The van der Waals surface area contributed by atoms with Crippen LogP contribution in [-0.4, -0.2) is 13.4 Å². The van der Waals surface area contributed by atoms with E-state index in [0.29, 0.717) is 5.13 Å². The fourth-order valence-corrected chi connectivity index (χ4v) is 4.92. The lowest BCUT2D eigenvalue weighted by atomic mass is 9.94. The first-order valence-electron chi connectivity index (χ1n) is 7.95. The molecule has 4 rings (SSSR count). The van der Waals surface area contributed by atoms with E-state index in [4.69, 9.17) is 0 Å². The van der Waals surface area contributed by atoms with Crippen LogP contribution in [0.25, 0.3) is 17.3 Å². The van der Waals surface area contributed by atoms with Crippen LogP contribution >= 0.6 is 11.3 Å². The van der Waals surface area contributed by atoms with Gasteiger partial charge in [-0.3, -0.25) is 4.72 Å². The molecule has 0 spiro atoms. The quantitative estimate of drug-likeness (QED) is 0.746. The van der Waals surface area contributed by atoms with Gasteiger partial charge < -0.3 is 0 Å². The van der Waals surface area contributed by atoms with Crippen molar-refractivity contribution >= 4 is 32.6 Å². The van der Waals surface area contributed by atoms with Crippen LogP contribution in [0.5, 0.6) is 0 Å². The summed E-state index contributed by atoms with van der Waals surface area (Å²) < 4.78 is 27.2. The van der Waals surface area contributed by atoms with Gasteiger partial charge in [0.2, 0.25) is 0 Å². The molecule has 0 saturated heterocycles. The van der Waals surface area contributed by atoms with Gasteiger partial charge in [-0.25, -0.2) is 13.4 Å². The number of thiazole rings is 1. The number of fused-ring (bicyclic) bond motifs is 3. The molecule has 0 unspecified atom stereocenters. The molecule has 1 aromatic heterocycles. The van der Waals surface area contributed by atoms with Crippen molar-refractivity contribution in [1.82, 2.24) is 4.98 Å². The predicted molar refractivity (Wildman–Crippen MR) is 103 cm³/mol. The van der Waals surface area contributed by atoms with Gasteiger partial charge in [-0.05, 0) is 30.0 Å². The maximum atomic E-state index is 12.3. The number of aromatic nitrogens is 1. The molecule has 3 aromatic rings. The van der Waals surface area contributed by atoms with Crippen molar-refractivity contribution in [3.8, 4) is 11.3 Å². The summed E-state index contributed by atoms with van der Waals surface area (Å²) in [6, 6.07) is 17.5. The van der Waals surface area contributed by atoms with E-state index in [9.17, 15) is 8.42 Å². The summed E-state index contributed by atoms with van der Waals surface area (Å²) >= 11 is 1.41. The minimum absolute atomic E-state index is 0.416.